The Morgan fingerprint density at radius 2 is 1.96 bits per heavy atom. The minimum absolute atomic E-state index is 0. The highest BCUT2D eigenvalue weighted by Crippen LogP contribution is 2.27. The molecule has 1 aliphatic heterocycles. The van der Waals surface area contributed by atoms with Gasteiger partial charge in [0.05, 0.1) is 5.52 Å². The van der Waals surface area contributed by atoms with E-state index in [-0.39, 0.29) is 30.7 Å². The van der Waals surface area contributed by atoms with Gasteiger partial charge in [-0.15, -0.1) is 24.8 Å². The van der Waals surface area contributed by atoms with Crippen LogP contribution in [0.4, 0.5) is 0 Å². The zero-order chi connectivity index (χ0) is 17.1. The smallest absolute Gasteiger partial charge is 0.248 e. The number of hydrogen-bond acceptors (Lipinski definition) is 4. The molecule has 2 aromatic heterocycles. The molecule has 0 radical (unpaired) electrons. The van der Waals surface area contributed by atoms with Gasteiger partial charge in [-0.3, -0.25) is 14.5 Å². The van der Waals surface area contributed by atoms with Crippen molar-refractivity contribution in [3.05, 3.63) is 60.6 Å². The van der Waals surface area contributed by atoms with Gasteiger partial charge in [0.1, 0.15) is 5.54 Å². The van der Waals surface area contributed by atoms with E-state index in [1.807, 2.05) is 47.4 Å². The summed E-state index contributed by atoms with van der Waals surface area (Å²) in [5, 5.41) is 11.8. The Labute approximate surface area is 170 Å². The van der Waals surface area contributed by atoms with Crippen molar-refractivity contribution in [2.45, 2.75) is 24.9 Å². The van der Waals surface area contributed by atoms with Gasteiger partial charge in [0.15, 0.2) is 0 Å². The van der Waals surface area contributed by atoms with Crippen LogP contribution in [0.1, 0.15) is 18.4 Å². The summed E-state index contributed by atoms with van der Waals surface area (Å²) in [6.45, 7) is 2.09. The van der Waals surface area contributed by atoms with E-state index < -0.39 is 5.54 Å². The summed E-state index contributed by atoms with van der Waals surface area (Å²) < 4.78 is 1.81. The molecule has 1 aliphatic rings. The third-order valence-electron chi connectivity index (χ3n) is 4.90. The molecule has 3 heterocycles. The molecule has 1 aromatic carbocycles. The molecule has 3 aromatic rings. The van der Waals surface area contributed by atoms with E-state index in [0.29, 0.717) is 6.54 Å². The van der Waals surface area contributed by atoms with Crippen molar-refractivity contribution in [2.75, 3.05) is 13.1 Å². The lowest BCUT2D eigenvalue weighted by Crippen LogP contribution is -2.54. The summed E-state index contributed by atoms with van der Waals surface area (Å²) in [6, 6.07) is 11.9. The molecule has 0 bridgehead atoms. The monoisotopic (exact) mass is 407 g/mol. The highest BCUT2D eigenvalue weighted by molar-refractivity contribution is 5.86. The van der Waals surface area contributed by atoms with E-state index in [1.54, 1.807) is 6.20 Å². The second kappa shape index (κ2) is 9.17. The van der Waals surface area contributed by atoms with Crippen molar-refractivity contribution in [1.29, 1.82) is 0 Å². The Bertz CT molecular complexity index is 879. The fraction of sp³-hybridized carbons (Fsp3) is 0.316. The standard InChI is InChI=1S/C19H21N5O.2ClH/c25-18(19(6-9-20-10-7-19)24-11-3-8-23-24)22-14-15-12-16-4-1-2-5-17(16)21-13-15;;/h1-5,8,11-13,20H,6-7,9-10,14H2,(H,22,25);2*1H. The second-order valence-electron chi connectivity index (χ2n) is 6.45. The van der Waals surface area contributed by atoms with Crippen LogP contribution in [-0.2, 0) is 16.9 Å². The van der Waals surface area contributed by atoms with Crippen LogP contribution in [0.5, 0.6) is 0 Å². The van der Waals surface area contributed by atoms with Crippen molar-refractivity contribution in [3.8, 4) is 0 Å². The van der Waals surface area contributed by atoms with Gasteiger partial charge >= 0.3 is 0 Å². The number of para-hydroxylation sites is 1. The van der Waals surface area contributed by atoms with E-state index in [4.69, 9.17) is 0 Å². The molecular weight excluding hydrogens is 385 g/mol. The van der Waals surface area contributed by atoms with Crippen molar-refractivity contribution in [1.82, 2.24) is 25.4 Å². The number of halogens is 2. The molecule has 8 heteroatoms. The van der Waals surface area contributed by atoms with Gasteiger partial charge in [-0.2, -0.15) is 5.10 Å². The van der Waals surface area contributed by atoms with Crippen LogP contribution in [-0.4, -0.2) is 33.8 Å². The SMILES string of the molecule is Cl.Cl.O=C(NCc1cnc2ccccc2c1)C1(n2cccn2)CCNCC1. The summed E-state index contributed by atoms with van der Waals surface area (Å²) in [6.07, 6.45) is 6.89. The summed E-state index contributed by atoms with van der Waals surface area (Å²) in [7, 11) is 0. The minimum Gasteiger partial charge on any atom is -0.350 e. The third kappa shape index (κ3) is 4.24. The number of nitrogens with one attached hydrogen (secondary N) is 2. The molecule has 0 aliphatic carbocycles. The number of hydrogen-bond donors (Lipinski definition) is 2. The minimum atomic E-state index is -0.612. The Balaban J connectivity index is 0.00000131. The molecule has 0 atom stereocenters. The maximum Gasteiger partial charge on any atom is 0.248 e. The van der Waals surface area contributed by atoms with Gasteiger partial charge in [-0.05, 0) is 49.7 Å². The number of benzene rings is 1. The Hall–Kier alpha value is -2.15. The van der Waals surface area contributed by atoms with E-state index in [9.17, 15) is 4.79 Å². The molecule has 2 N–H and O–H groups in total. The van der Waals surface area contributed by atoms with Crippen LogP contribution in [0.15, 0.2) is 55.0 Å². The van der Waals surface area contributed by atoms with Crippen molar-refractivity contribution in [3.63, 3.8) is 0 Å². The van der Waals surface area contributed by atoms with Crippen molar-refractivity contribution in [2.24, 2.45) is 0 Å². The van der Waals surface area contributed by atoms with Crippen LogP contribution >= 0.6 is 24.8 Å². The molecule has 1 amide bonds. The number of aromatic nitrogens is 3. The molecule has 144 valence electrons. The van der Waals surface area contributed by atoms with Crippen LogP contribution in [0, 0.1) is 0 Å². The number of amides is 1. The first-order chi connectivity index (χ1) is 12.3. The molecule has 0 spiro atoms. The summed E-state index contributed by atoms with van der Waals surface area (Å²) in [5.74, 6) is 0.0193. The average Bonchev–Trinajstić information content (AvgIpc) is 3.22. The van der Waals surface area contributed by atoms with Gasteiger partial charge in [0.2, 0.25) is 5.91 Å². The summed E-state index contributed by atoms with van der Waals surface area (Å²) in [4.78, 5) is 17.5. The third-order valence-corrected chi connectivity index (χ3v) is 4.90. The number of rotatable bonds is 4. The fourth-order valence-corrected chi connectivity index (χ4v) is 3.48. The fourth-order valence-electron chi connectivity index (χ4n) is 3.48. The van der Waals surface area contributed by atoms with Gasteiger partial charge < -0.3 is 10.6 Å². The predicted octanol–water partition coefficient (Wildman–Crippen LogP) is 2.67. The highest BCUT2D eigenvalue weighted by atomic mass is 35.5. The lowest BCUT2D eigenvalue weighted by Gasteiger charge is -2.36. The van der Waals surface area contributed by atoms with Crippen LogP contribution < -0.4 is 10.6 Å². The average molecular weight is 408 g/mol. The number of fused-ring (bicyclic) bond motifs is 1. The zero-order valence-corrected chi connectivity index (χ0v) is 16.4. The first-order valence-electron chi connectivity index (χ1n) is 8.61. The topological polar surface area (TPSA) is 71.8 Å². The number of carbonyl (C=O) groups is 1. The van der Waals surface area contributed by atoms with Gasteiger partial charge in [0.25, 0.3) is 0 Å². The second-order valence-corrected chi connectivity index (χ2v) is 6.45. The lowest BCUT2D eigenvalue weighted by molar-refractivity contribution is -0.132. The molecule has 6 nitrogen and oxygen atoms in total. The summed E-state index contributed by atoms with van der Waals surface area (Å²) >= 11 is 0. The number of nitrogens with zero attached hydrogens (tertiary/aromatic N) is 3. The first-order valence-corrected chi connectivity index (χ1v) is 8.61. The Kier molecular flexibility index (Phi) is 7.18. The van der Waals surface area contributed by atoms with E-state index in [0.717, 1.165) is 42.4 Å². The van der Waals surface area contributed by atoms with Crippen LogP contribution in [0.2, 0.25) is 0 Å². The van der Waals surface area contributed by atoms with Gasteiger partial charge in [0, 0.05) is 30.5 Å². The molecule has 1 fully saturated rings. The predicted molar refractivity (Wildman–Crippen MR) is 110 cm³/mol. The van der Waals surface area contributed by atoms with Crippen LogP contribution in [0.3, 0.4) is 0 Å². The lowest BCUT2D eigenvalue weighted by atomic mass is 9.87. The normalized spacial score (nSPS) is 15.4. The largest absolute Gasteiger partial charge is 0.350 e. The molecule has 4 rings (SSSR count). The van der Waals surface area contributed by atoms with E-state index in [1.165, 1.54) is 0 Å². The number of piperidine rings is 1. The maximum absolute atomic E-state index is 13.0. The van der Waals surface area contributed by atoms with Crippen molar-refractivity contribution < 1.29 is 4.79 Å². The number of carbonyl (C=O) groups excluding carboxylic acids is 1. The van der Waals surface area contributed by atoms with Crippen molar-refractivity contribution >= 4 is 41.6 Å². The summed E-state index contributed by atoms with van der Waals surface area (Å²) in [5.41, 5.74) is 1.35. The molecule has 0 unspecified atom stereocenters. The molecule has 0 saturated carbocycles. The maximum atomic E-state index is 13.0. The Morgan fingerprint density at radius 3 is 2.70 bits per heavy atom. The first kappa shape index (κ1) is 21.2. The molecular formula is C19H23Cl2N5O. The van der Waals surface area contributed by atoms with Gasteiger partial charge in [-0.25, -0.2) is 0 Å². The van der Waals surface area contributed by atoms with E-state index >= 15 is 0 Å². The van der Waals surface area contributed by atoms with Gasteiger partial charge in [-0.1, -0.05) is 18.2 Å². The highest BCUT2D eigenvalue weighted by Gasteiger charge is 2.41. The Morgan fingerprint density at radius 1 is 1.19 bits per heavy atom. The van der Waals surface area contributed by atoms with Crippen LogP contribution in [0.25, 0.3) is 10.9 Å². The zero-order valence-electron chi connectivity index (χ0n) is 14.8. The molecule has 27 heavy (non-hydrogen) atoms. The number of pyridine rings is 1. The molecule has 1 saturated heterocycles. The quantitative estimate of drug-likeness (QED) is 0.697. The van der Waals surface area contributed by atoms with E-state index in [2.05, 4.69) is 26.8 Å².